The van der Waals surface area contributed by atoms with Gasteiger partial charge in [0.25, 0.3) is 0 Å². The SMILES string of the molecule is CC/C=C\C/C=C\C/C=C\C/C=C\CCCCCCCCC(=O)OCC(COC1OC(C(=O)O)C(O)C(O)C1OC(=O)CCCCCC/C=C\C/C=C\C/C=C\C/C=C\CC)OC(=O)CCCCC/C=C\C/C=C\C/C=C\CC. The zero-order valence-corrected chi connectivity index (χ0v) is 48.8. The number of unbranched alkanes of at least 4 members (excludes halogenated alkanes) is 13. The molecule has 1 saturated heterocycles. The molecular weight excluding hydrogens is 997 g/mol. The summed E-state index contributed by atoms with van der Waals surface area (Å²) in [5.74, 6) is -3.23. The van der Waals surface area contributed by atoms with E-state index >= 15 is 0 Å². The van der Waals surface area contributed by atoms with E-state index in [1.54, 1.807) is 0 Å². The molecule has 12 heteroatoms. The molecule has 0 spiro atoms. The van der Waals surface area contributed by atoms with Crippen molar-refractivity contribution in [3.63, 3.8) is 0 Å². The molecule has 0 radical (unpaired) electrons. The summed E-state index contributed by atoms with van der Waals surface area (Å²) in [5.41, 5.74) is 0. The van der Waals surface area contributed by atoms with Crippen LogP contribution in [0.15, 0.2) is 134 Å². The molecule has 1 heterocycles. The third-order valence-corrected chi connectivity index (χ3v) is 12.7. The number of allylic oxidation sites excluding steroid dienone is 22. The van der Waals surface area contributed by atoms with Crippen molar-refractivity contribution in [2.45, 2.75) is 250 Å². The monoisotopic (exact) mass is 1100 g/mol. The van der Waals surface area contributed by atoms with Crippen LogP contribution in [0.25, 0.3) is 0 Å². The summed E-state index contributed by atoms with van der Waals surface area (Å²) >= 11 is 0. The first-order valence-corrected chi connectivity index (χ1v) is 30.2. The van der Waals surface area contributed by atoms with Gasteiger partial charge in [0, 0.05) is 19.3 Å². The van der Waals surface area contributed by atoms with Gasteiger partial charge in [-0.25, -0.2) is 4.79 Å². The average molecular weight is 1100 g/mol. The number of carboxylic acid groups (broad SMARTS) is 1. The van der Waals surface area contributed by atoms with E-state index in [-0.39, 0.29) is 25.9 Å². The number of hydrogen-bond acceptors (Lipinski definition) is 11. The van der Waals surface area contributed by atoms with Gasteiger partial charge >= 0.3 is 23.9 Å². The molecule has 0 aliphatic carbocycles. The lowest BCUT2D eigenvalue weighted by molar-refractivity contribution is -0.301. The Kier molecular flexibility index (Phi) is 48.7. The fraction of sp³-hybridized carbons (Fsp3) is 0.612. The topological polar surface area (TPSA) is 175 Å². The molecule has 0 bridgehead atoms. The van der Waals surface area contributed by atoms with Crippen LogP contribution >= 0.6 is 0 Å². The highest BCUT2D eigenvalue weighted by Gasteiger charge is 2.50. The quantitative estimate of drug-likeness (QED) is 0.0228. The predicted octanol–water partition coefficient (Wildman–Crippen LogP) is 15.8. The minimum atomic E-state index is -1.93. The van der Waals surface area contributed by atoms with Gasteiger partial charge in [0.2, 0.25) is 0 Å². The Labute approximate surface area is 477 Å². The second kappa shape index (κ2) is 53.5. The van der Waals surface area contributed by atoms with Crippen molar-refractivity contribution in [2.75, 3.05) is 13.2 Å². The van der Waals surface area contributed by atoms with E-state index in [1.807, 2.05) is 0 Å². The molecule has 0 aromatic carbocycles. The van der Waals surface area contributed by atoms with Crippen LogP contribution in [0.5, 0.6) is 0 Å². The van der Waals surface area contributed by atoms with Crippen LogP contribution < -0.4 is 0 Å². The average Bonchev–Trinajstić information content (AvgIpc) is 3.47. The van der Waals surface area contributed by atoms with Gasteiger partial charge in [0.15, 0.2) is 24.6 Å². The summed E-state index contributed by atoms with van der Waals surface area (Å²) in [6.07, 6.45) is 62.7. The lowest BCUT2D eigenvalue weighted by atomic mass is 9.98. The molecule has 3 N–H and O–H groups in total. The van der Waals surface area contributed by atoms with Crippen LogP contribution in [-0.2, 0) is 42.9 Å². The third-order valence-electron chi connectivity index (χ3n) is 12.7. The van der Waals surface area contributed by atoms with Gasteiger partial charge in [0.05, 0.1) is 6.61 Å². The molecule has 0 aromatic rings. The van der Waals surface area contributed by atoms with Crippen LogP contribution in [0.2, 0.25) is 0 Å². The number of hydrogen-bond donors (Lipinski definition) is 3. The zero-order valence-electron chi connectivity index (χ0n) is 48.8. The normalized spacial score (nSPS) is 18.8. The number of aliphatic hydroxyl groups is 2. The highest BCUT2D eigenvalue weighted by molar-refractivity contribution is 5.74. The highest BCUT2D eigenvalue weighted by Crippen LogP contribution is 2.26. The van der Waals surface area contributed by atoms with Crippen molar-refractivity contribution in [3.05, 3.63) is 134 Å². The smallest absolute Gasteiger partial charge is 0.335 e. The molecule has 1 fully saturated rings. The summed E-state index contributed by atoms with van der Waals surface area (Å²) in [5, 5.41) is 31.5. The van der Waals surface area contributed by atoms with Crippen LogP contribution in [0, 0.1) is 0 Å². The van der Waals surface area contributed by atoms with Crippen molar-refractivity contribution < 1.29 is 58.2 Å². The van der Waals surface area contributed by atoms with Crippen molar-refractivity contribution in [2.24, 2.45) is 0 Å². The second-order valence-electron chi connectivity index (χ2n) is 19.8. The molecule has 1 rings (SSSR count). The Hall–Kier alpha value is -5.14. The standard InChI is InChI=1S/C67H104O12/c1-4-7-10-13-16-19-22-25-27-29-30-32-33-36-38-41-44-47-50-53-59(68)75-56-58(77-60(69)54-51-48-45-42-39-35-24-21-18-15-12-9-6-3)57-76-67-65(63(72)62(71)64(79-67)66(73)74)78-61(70)55-52-49-46-43-40-37-34-31-28-26-23-20-17-14-11-8-5-2/h7-12,16-21,25-28,30,32,34-35,37,39,58,62-65,67,71-72H,4-6,13-15,22-24,29,31,33,36,38,40-57H2,1-3H3,(H,73,74)/b10-7-,11-8-,12-9-,19-16-,20-17-,21-18-,27-25-,28-26-,32-30-,37-34-,39-35-. The van der Waals surface area contributed by atoms with E-state index < -0.39 is 67.3 Å². The van der Waals surface area contributed by atoms with E-state index in [0.717, 1.165) is 154 Å². The first kappa shape index (κ1) is 71.9. The first-order valence-electron chi connectivity index (χ1n) is 30.2. The number of carbonyl (C=O) groups excluding carboxylic acids is 3. The van der Waals surface area contributed by atoms with Gasteiger partial charge in [-0.15, -0.1) is 0 Å². The van der Waals surface area contributed by atoms with E-state index in [9.17, 15) is 34.5 Å². The van der Waals surface area contributed by atoms with Crippen LogP contribution in [-0.4, -0.2) is 89.2 Å². The van der Waals surface area contributed by atoms with Gasteiger partial charge in [-0.3, -0.25) is 14.4 Å². The molecule has 6 atom stereocenters. The minimum absolute atomic E-state index is 0.0199. The van der Waals surface area contributed by atoms with Gasteiger partial charge in [0.1, 0.15) is 18.8 Å². The van der Waals surface area contributed by atoms with Gasteiger partial charge in [-0.05, 0) is 128 Å². The largest absolute Gasteiger partial charge is 0.479 e. The Balaban J connectivity index is 2.72. The Morgan fingerprint density at radius 3 is 1.16 bits per heavy atom. The zero-order chi connectivity index (χ0) is 57.5. The minimum Gasteiger partial charge on any atom is -0.479 e. The molecule has 1 aliphatic rings. The van der Waals surface area contributed by atoms with Crippen molar-refractivity contribution >= 4 is 23.9 Å². The Morgan fingerprint density at radius 2 is 0.759 bits per heavy atom. The van der Waals surface area contributed by atoms with Crippen LogP contribution in [0.4, 0.5) is 0 Å². The van der Waals surface area contributed by atoms with Crippen LogP contribution in [0.3, 0.4) is 0 Å². The number of rotatable bonds is 49. The van der Waals surface area contributed by atoms with Gasteiger partial charge < -0.3 is 39.0 Å². The lowest BCUT2D eigenvalue weighted by Crippen LogP contribution is -2.61. The second-order valence-corrected chi connectivity index (χ2v) is 19.8. The van der Waals surface area contributed by atoms with Gasteiger partial charge in [-0.1, -0.05) is 199 Å². The summed E-state index contributed by atoms with van der Waals surface area (Å²) in [4.78, 5) is 51.2. The summed E-state index contributed by atoms with van der Waals surface area (Å²) in [6, 6.07) is 0. The lowest BCUT2D eigenvalue weighted by Gasteiger charge is -2.40. The molecule has 0 aromatic heterocycles. The number of aliphatic hydroxyl groups excluding tert-OH is 2. The number of ether oxygens (including phenoxy) is 5. The Morgan fingerprint density at radius 1 is 0.418 bits per heavy atom. The maximum Gasteiger partial charge on any atom is 0.335 e. The molecule has 0 amide bonds. The van der Waals surface area contributed by atoms with E-state index in [4.69, 9.17) is 23.7 Å². The van der Waals surface area contributed by atoms with Crippen LogP contribution in [0.1, 0.15) is 213 Å². The predicted molar refractivity (Wildman–Crippen MR) is 321 cm³/mol. The fourth-order valence-electron chi connectivity index (χ4n) is 8.19. The Bertz CT molecular complexity index is 1880. The number of carbonyl (C=O) groups is 4. The number of carboxylic acids is 1. The molecular formula is C67H104O12. The van der Waals surface area contributed by atoms with Crippen molar-refractivity contribution in [1.82, 2.24) is 0 Å². The summed E-state index contributed by atoms with van der Waals surface area (Å²) in [6.45, 7) is 5.59. The maximum atomic E-state index is 13.1. The van der Waals surface area contributed by atoms with E-state index in [2.05, 4.69) is 154 Å². The van der Waals surface area contributed by atoms with Gasteiger partial charge in [-0.2, -0.15) is 0 Å². The summed E-state index contributed by atoms with van der Waals surface area (Å²) in [7, 11) is 0. The first-order chi connectivity index (χ1) is 38.6. The molecule has 6 unspecified atom stereocenters. The molecule has 79 heavy (non-hydrogen) atoms. The number of aliphatic carboxylic acids is 1. The van der Waals surface area contributed by atoms with Crippen molar-refractivity contribution in [1.29, 1.82) is 0 Å². The maximum absolute atomic E-state index is 13.1. The van der Waals surface area contributed by atoms with E-state index in [1.165, 1.54) is 0 Å². The molecule has 1 aliphatic heterocycles. The molecule has 444 valence electrons. The molecule has 12 nitrogen and oxygen atoms in total. The van der Waals surface area contributed by atoms with Crippen molar-refractivity contribution in [3.8, 4) is 0 Å². The highest BCUT2D eigenvalue weighted by atomic mass is 16.7. The third kappa shape index (κ3) is 43.4. The fourth-order valence-corrected chi connectivity index (χ4v) is 8.19. The molecule has 0 saturated carbocycles. The summed E-state index contributed by atoms with van der Waals surface area (Å²) < 4.78 is 28.4. The number of esters is 3. The van der Waals surface area contributed by atoms with E-state index in [0.29, 0.717) is 19.3 Å².